The second kappa shape index (κ2) is 5.29. The van der Waals surface area contributed by atoms with E-state index in [4.69, 9.17) is 11.6 Å². The first-order valence-electron chi connectivity index (χ1n) is 4.04. The predicted molar refractivity (Wildman–Crippen MR) is 66.0 cm³/mol. The van der Waals surface area contributed by atoms with E-state index in [-0.39, 0.29) is 10.6 Å². The van der Waals surface area contributed by atoms with Crippen molar-refractivity contribution in [3.8, 4) is 0 Å². The Hall–Kier alpha value is 0.140. The van der Waals surface area contributed by atoms with Gasteiger partial charge in [-0.25, -0.2) is 0 Å². The molecule has 1 aromatic rings. The second-order valence-electron chi connectivity index (χ2n) is 3.00. The number of hydrogen-bond acceptors (Lipinski definition) is 1. The lowest BCUT2D eigenvalue weighted by Gasteiger charge is -2.08. The van der Waals surface area contributed by atoms with Crippen molar-refractivity contribution in [2.75, 3.05) is 0 Å². The first-order valence-corrected chi connectivity index (χ1v) is 6.28. The van der Waals surface area contributed by atoms with Crippen LogP contribution in [0, 0.1) is 0 Å². The smallest absolute Gasteiger partial charge is 0.147 e. The number of carbonyl (C=O) groups excluding carboxylic acids is 1. The van der Waals surface area contributed by atoms with Gasteiger partial charge in [0.05, 0.1) is 4.83 Å². The maximum Gasteiger partial charge on any atom is 0.147 e. The summed E-state index contributed by atoms with van der Waals surface area (Å²) in [5.41, 5.74) is 1.93. The van der Waals surface area contributed by atoms with Crippen LogP contribution in [0.15, 0.2) is 22.7 Å². The number of alkyl halides is 2. The minimum absolute atomic E-state index is 0.0867. The van der Waals surface area contributed by atoms with Crippen LogP contribution in [0.25, 0.3) is 0 Å². The number of Topliss-reactive ketones (excluding diaryl/α,β-unsaturated/α-hetero) is 1. The molecule has 0 aliphatic carbocycles. The number of rotatable bonds is 3. The van der Waals surface area contributed by atoms with E-state index >= 15 is 0 Å². The quantitative estimate of drug-likeness (QED) is 0.753. The summed E-state index contributed by atoms with van der Waals surface area (Å²) < 4.78 is 0.941. The van der Waals surface area contributed by atoms with Gasteiger partial charge in [-0.1, -0.05) is 37.9 Å². The molecule has 0 bridgehead atoms. The fraction of sp³-hybridized carbons (Fsp3) is 0.300. The Labute approximate surface area is 105 Å². The van der Waals surface area contributed by atoms with Crippen molar-refractivity contribution in [3.63, 3.8) is 0 Å². The second-order valence-corrected chi connectivity index (χ2v) is 5.10. The Bertz CT molecular complexity index is 352. The first-order chi connectivity index (χ1) is 6.54. The van der Waals surface area contributed by atoms with Gasteiger partial charge < -0.3 is 0 Å². The molecule has 1 unspecified atom stereocenters. The largest absolute Gasteiger partial charge is 0.298 e. The molecule has 0 aliphatic heterocycles. The molecule has 0 heterocycles. The van der Waals surface area contributed by atoms with Crippen molar-refractivity contribution in [2.24, 2.45) is 0 Å². The number of carbonyl (C=O) groups is 1. The number of ketones is 1. The normalized spacial score (nSPS) is 12.6. The summed E-state index contributed by atoms with van der Waals surface area (Å²) in [7, 11) is 0. The molecule has 1 atom stereocenters. The van der Waals surface area contributed by atoms with Gasteiger partial charge in [-0.2, -0.15) is 0 Å². The van der Waals surface area contributed by atoms with E-state index in [1.807, 2.05) is 18.2 Å². The Balaban J connectivity index is 3.08. The molecule has 1 nitrogen and oxygen atoms in total. The molecule has 0 saturated heterocycles. The minimum atomic E-state index is -0.248. The fourth-order valence-corrected chi connectivity index (χ4v) is 2.11. The van der Waals surface area contributed by atoms with E-state index in [1.165, 1.54) is 0 Å². The lowest BCUT2D eigenvalue weighted by Crippen LogP contribution is -2.01. The highest BCUT2D eigenvalue weighted by atomic mass is 79.9. The van der Waals surface area contributed by atoms with Crippen molar-refractivity contribution in [2.45, 2.75) is 17.6 Å². The molecule has 0 spiro atoms. The van der Waals surface area contributed by atoms with Crippen LogP contribution in [0.2, 0.25) is 0 Å². The third-order valence-corrected chi connectivity index (χ3v) is 3.72. The third kappa shape index (κ3) is 3.07. The van der Waals surface area contributed by atoms with Crippen LogP contribution in [0.4, 0.5) is 0 Å². The van der Waals surface area contributed by atoms with Crippen molar-refractivity contribution in [3.05, 3.63) is 33.8 Å². The van der Waals surface area contributed by atoms with Crippen LogP contribution in [-0.2, 0) is 10.7 Å². The van der Waals surface area contributed by atoms with Crippen LogP contribution in [0.5, 0.6) is 0 Å². The van der Waals surface area contributed by atoms with Crippen LogP contribution in [-0.4, -0.2) is 5.78 Å². The van der Waals surface area contributed by atoms with Gasteiger partial charge in [0.25, 0.3) is 0 Å². The highest BCUT2D eigenvalue weighted by molar-refractivity contribution is 9.10. The van der Waals surface area contributed by atoms with Crippen molar-refractivity contribution < 1.29 is 4.79 Å². The third-order valence-electron chi connectivity index (χ3n) is 1.78. The molecule has 0 N–H and O–H groups in total. The molecule has 76 valence electrons. The summed E-state index contributed by atoms with van der Waals surface area (Å²) in [5.74, 6) is 0.535. The standard InChI is InChI=1S/C10H9Br2ClO/c1-6(14)10(12)8-2-7(5-13)3-9(11)4-8/h2-4,10H,5H2,1H3. The molecule has 0 saturated carbocycles. The van der Waals surface area contributed by atoms with Gasteiger partial charge >= 0.3 is 0 Å². The summed E-state index contributed by atoms with van der Waals surface area (Å²) in [4.78, 5) is 10.9. The van der Waals surface area contributed by atoms with Crippen molar-refractivity contribution in [1.29, 1.82) is 0 Å². The number of benzene rings is 1. The summed E-state index contributed by atoms with van der Waals surface area (Å²) in [6.45, 7) is 1.56. The molecular formula is C10H9Br2ClO. The van der Waals surface area contributed by atoms with E-state index in [0.717, 1.165) is 15.6 Å². The van der Waals surface area contributed by atoms with Gasteiger partial charge in [0, 0.05) is 10.4 Å². The Morgan fingerprint density at radius 3 is 2.64 bits per heavy atom. The predicted octanol–water partition coefficient (Wildman–Crippen LogP) is 4.21. The van der Waals surface area contributed by atoms with Crippen LogP contribution < -0.4 is 0 Å². The van der Waals surface area contributed by atoms with Gasteiger partial charge in [0.2, 0.25) is 0 Å². The zero-order valence-corrected chi connectivity index (χ0v) is 11.5. The molecular weight excluding hydrogens is 331 g/mol. The molecule has 1 aromatic carbocycles. The summed E-state index contributed by atoms with van der Waals surface area (Å²) in [5, 5.41) is 0. The Morgan fingerprint density at radius 2 is 2.14 bits per heavy atom. The van der Waals surface area contributed by atoms with Gasteiger partial charge in [-0.15, -0.1) is 11.6 Å². The highest BCUT2D eigenvalue weighted by Gasteiger charge is 2.13. The zero-order chi connectivity index (χ0) is 10.7. The van der Waals surface area contributed by atoms with E-state index in [9.17, 15) is 4.79 Å². The maximum absolute atomic E-state index is 11.2. The van der Waals surface area contributed by atoms with Crippen LogP contribution in [0.3, 0.4) is 0 Å². The topological polar surface area (TPSA) is 17.1 Å². The molecule has 0 amide bonds. The minimum Gasteiger partial charge on any atom is -0.298 e. The number of halogens is 3. The van der Waals surface area contributed by atoms with Gasteiger partial charge in [-0.05, 0) is 30.2 Å². The first kappa shape index (κ1) is 12.2. The van der Waals surface area contributed by atoms with E-state index in [1.54, 1.807) is 6.92 Å². The zero-order valence-electron chi connectivity index (χ0n) is 7.56. The van der Waals surface area contributed by atoms with E-state index < -0.39 is 0 Å². The highest BCUT2D eigenvalue weighted by Crippen LogP contribution is 2.28. The molecule has 4 heteroatoms. The number of hydrogen-bond donors (Lipinski definition) is 0. The summed E-state index contributed by atoms with van der Waals surface area (Å²) in [6.07, 6.45) is 0. The van der Waals surface area contributed by atoms with Gasteiger partial charge in [-0.3, -0.25) is 4.79 Å². The van der Waals surface area contributed by atoms with Crippen molar-refractivity contribution in [1.82, 2.24) is 0 Å². The molecule has 0 fully saturated rings. The molecule has 14 heavy (non-hydrogen) atoms. The van der Waals surface area contributed by atoms with Gasteiger partial charge in [0.1, 0.15) is 5.78 Å². The van der Waals surface area contributed by atoms with Crippen LogP contribution in [0.1, 0.15) is 22.9 Å². The molecule has 0 radical (unpaired) electrons. The SMILES string of the molecule is CC(=O)C(Br)c1cc(Br)cc(CCl)c1. The monoisotopic (exact) mass is 338 g/mol. The van der Waals surface area contributed by atoms with E-state index in [2.05, 4.69) is 31.9 Å². The Morgan fingerprint density at radius 1 is 1.50 bits per heavy atom. The molecule has 0 aliphatic rings. The summed E-state index contributed by atoms with van der Waals surface area (Å²) >= 11 is 12.4. The lowest BCUT2D eigenvalue weighted by molar-refractivity contribution is -0.116. The fourth-order valence-electron chi connectivity index (χ4n) is 1.13. The lowest BCUT2D eigenvalue weighted by atomic mass is 10.1. The van der Waals surface area contributed by atoms with E-state index in [0.29, 0.717) is 5.88 Å². The average Bonchev–Trinajstić information content (AvgIpc) is 2.15. The Kier molecular flexibility index (Phi) is 4.61. The van der Waals surface area contributed by atoms with Crippen LogP contribution >= 0.6 is 43.5 Å². The summed E-state index contributed by atoms with van der Waals surface area (Å²) in [6, 6.07) is 5.78. The average molecular weight is 340 g/mol. The molecule has 0 aromatic heterocycles. The van der Waals surface area contributed by atoms with Crippen molar-refractivity contribution >= 4 is 49.2 Å². The van der Waals surface area contributed by atoms with Gasteiger partial charge in [0.15, 0.2) is 0 Å². The maximum atomic E-state index is 11.2. The molecule has 1 rings (SSSR count).